The lowest BCUT2D eigenvalue weighted by Gasteiger charge is -2.26. The van der Waals surface area contributed by atoms with Crippen molar-refractivity contribution in [2.24, 2.45) is 5.92 Å². The highest BCUT2D eigenvalue weighted by molar-refractivity contribution is 7.13. The van der Waals surface area contributed by atoms with Crippen molar-refractivity contribution in [2.45, 2.75) is 45.1 Å². The van der Waals surface area contributed by atoms with Gasteiger partial charge >= 0.3 is 0 Å². The third-order valence-electron chi connectivity index (χ3n) is 4.91. The van der Waals surface area contributed by atoms with Crippen molar-refractivity contribution in [3.63, 3.8) is 0 Å². The van der Waals surface area contributed by atoms with Crippen LogP contribution in [0.3, 0.4) is 0 Å². The van der Waals surface area contributed by atoms with Crippen LogP contribution in [0.1, 0.15) is 38.3 Å². The van der Waals surface area contributed by atoms with Crippen LogP contribution >= 0.6 is 11.3 Å². The predicted molar refractivity (Wildman–Crippen MR) is 104 cm³/mol. The van der Waals surface area contributed by atoms with Crippen molar-refractivity contribution in [1.82, 2.24) is 10.3 Å². The minimum atomic E-state index is 0.0546. The molecule has 1 aromatic carbocycles. The zero-order valence-electron chi connectivity index (χ0n) is 15.6. The molecule has 5 nitrogen and oxygen atoms in total. The van der Waals surface area contributed by atoms with Gasteiger partial charge in [0, 0.05) is 11.4 Å². The molecule has 1 saturated carbocycles. The highest BCUT2D eigenvalue weighted by atomic mass is 32.1. The molecule has 0 aliphatic heterocycles. The molecule has 2 aromatic rings. The summed E-state index contributed by atoms with van der Waals surface area (Å²) in [6, 6.07) is 6.03. The van der Waals surface area contributed by atoms with Gasteiger partial charge in [0.25, 0.3) is 0 Å². The van der Waals surface area contributed by atoms with Gasteiger partial charge in [0.15, 0.2) is 11.5 Å². The number of benzene rings is 1. The molecule has 1 aliphatic rings. The maximum atomic E-state index is 12.3. The number of methoxy groups -OCH3 is 2. The molecule has 1 aromatic heterocycles. The summed E-state index contributed by atoms with van der Waals surface area (Å²) in [5.74, 6) is 2.17. The largest absolute Gasteiger partial charge is 0.493 e. The summed E-state index contributed by atoms with van der Waals surface area (Å²) >= 11 is 1.51. The van der Waals surface area contributed by atoms with E-state index in [-0.39, 0.29) is 5.91 Å². The van der Waals surface area contributed by atoms with E-state index in [1.54, 1.807) is 14.2 Å². The Balaban J connectivity index is 1.66. The molecule has 6 heteroatoms. The molecule has 0 spiro atoms. The topological polar surface area (TPSA) is 60.5 Å². The Morgan fingerprint density at radius 3 is 2.69 bits per heavy atom. The standard InChI is InChI=1S/C20H26N2O3S/c1-13-7-9-14(10-8-13)21-18(23)11-15-12-26-20(22-15)16-5-4-6-17(24-2)19(16)25-3/h4-6,12-14H,7-11H2,1-3H3,(H,21,23). The normalized spacial score (nSPS) is 19.8. The molecular formula is C20H26N2O3S. The van der Waals surface area contributed by atoms with E-state index >= 15 is 0 Å². The first-order valence-corrected chi connectivity index (χ1v) is 9.93. The quantitative estimate of drug-likeness (QED) is 0.828. The molecule has 0 saturated heterocycles. The van der Waals surface area contributed by atoms with Gasteiger partial charge < -0.3 is 14.8 Å². The van der Waals surface area contributed by atoms with Gasteiger partial charge in [-0.05, 0) is 43.7 Å². The van der Waals surface area contributed by atoms with Gasteiger partial charge in [0.2, 0.25) is 5.91 Å². The number of thiazole rings is 1. The minimum absolute atomic E-state index is 0.0546. The van der Waals surface area contributed by atoms with Gasteiger partial charge in [-0.1, -0.05) is 13.0 Å². The molecule has 1 N–H and O–H groups in total. The van der Waals surface area contributed by atoms with Crippen molar-refractivity contribution < 1.29 is 14.3 Å². The maximum absolute atomic E-state index is 12.3. The van der Waals surface area contributed by atoms with Gasteiger partial charge in [-0.2, -0.15) is 0 Å². The molecule has 1 heterocycles. The summed E-state index contributed by atoms with van der Waals surface area (Å²) in [4.78, 5) is 17.0. The average Bonchev–Trinajstić information content (AvgIpc) is 3.11. The van der Waals surface area contributed by atoms with Crippen LogP contribution in [-0.2, 0) is 11.2 Å². The third-order valence-corrected chi connectivity index (χ3v) is 5.83. The van der Waals surface area contributed by atoms with Crippen molar-refractivity contribution in [1.29, 1.82) is 0 Å². The van der Waals surface area contributed by atoms with Crippen LogP contribution < -0.4 is 14.8 Å². The number of carbonyl (C=O) groups is 1. The van der Waals surface area contributed by atoms with Crippen LogP contribution in [0.4, 0.5) is 0 Å². The molecule has 1 aliphatic carbocycles. The maximum Gasteiger partial charge on any atom is 0.226 e. The summed E-state index contributed by atoms with van der Waals surface area (Å²) in [6.07, 6.45) is 4.87. The smallest absolute Gasteiger partial charge is 0.226 e. The fraction of sp³-hybridized carbons (Fsp3) is 0.500. The van der Waals surface area contributed by atoms with Gasteiger partial charge in [-0.25, -0.2) is 4.98 Å². The van der Waals surface area contributed by atoms with Crippen LogP contribution in [0, 0.1) is 5.92 Å². The summed E-state index contributed by atoms with van der Waals surface area (Å²) in [5.41, 5.74) is 1.67. The van der Waals surface area contributed by atoms with Crippen LogP contribution in [0.2, 0.25) is 0 Å². The fourth-order valence-corrected chi connectivity index (χ4v) is 4.26. The number of para-hydroxylation sites is 1. The first-order valence-electron chi connectivity index (χ1n) is 9.05. The second kappa shape index (κ2) is 8.54. The Bertz CT molecular complexity index is 751. The Morgan fingerprint density at radius 2 is 2.00 bits per heavy atom. The molecule has 0 bridgehead atoms. The van der Waals surface area contributed by atoms with Crippen LogP contribution in [0.25, 0.3) is 10.6 Å². The second-order valence-electron chi connectivity index (χ2n) is 6.89. The van der Waals surface area contributed by atoms with Crippen LogP contribution in [-0.4, -0.2) is 31.2 Å². The third kappa shape index (κ3) is 4.36. The lowest BCUT2D eigenvalue weighted by molar-refractivity contribution is -0.121. The van der Waals surface area contributed by atoms with Crippen molar-refractivity contribution in [3.8, 4) is 22.1 Å². The second-order valence-corrected chi connectivity index (χ2v) is 7.74. The average molecular weight is 375 g/mol. The SMILES string of the molecule is COc1cccc(-c2nc(CC(=O)NC3CCC(C)CC3)cs2)c1OC. The van der Waals surface area contributed by atoms with E-state index < -0.39 is 0 Å². The fourth-order valence-electron chi connectivity index (χ4n) is 3.42. The first-order chi connectivity index (χ1) is 12.6. The molecule has 1 fully saturated rings. The molecule has 26 heavy (non-hydrogen) atoms. The first kappa shape index (κ1) is 18.7. The summed E-state index contributed by atoms with van der Waals surface area (Å²) in [7, 11) is 3.24. The Hall–Kier alpha value is -2.08. The summed E-state index contributed by atoms with van der Waals surface area (Å²) < 4.78 is 10.8. The van der Waals surface area contributed by atoms with E-state index in [1.165, 1.54) is 24.2 Å². The van der Waals surface area contributed by atoms with Crippen molar-refractivity contribution >= 4 is 17.2 Å². The molecule has 0 unspecified atom stereocenters. The lowest BCUT2D eigenvalue weighted by atomic mass is 9.87. The Kier molecular flexibility index (Phi) is 6.14. The van der Waals surface area contributed by atoms with Gasteiger partial charge in [0.1, 0.15) is 5.01 Å². The Morgan fingerprint density at radius 1 is 1.23 bits per heavy atom. The predicted octanol–water partition coefficient (Wildman–Crippen LogP) is 4.06. The number of hydrogen-bond donors (Lipinski definition) is 1. The number of rotatable bonds is 6. The van der Waals surface area contributed by atoms with Crippen LogP contribution in [0.5, 0.6) is 11.5 Å². The van der Waals surface area contributed by atoms with Crippen molar-refractivity contribution in [3.05, 3.63) is 29.3 Å². The number of nitrogens with zero attached hydrogens (tertiary/aromatic N) is 1. The zero-order valence-corrected chi connectivity index (χ0v) is 16.4. The lowest BCUT2D eigenvalue weighted by Crippen LogP contribution is -2.38. The summed E-state index contributed by atoms with van der Waals surface area (Å²) in [6.45, 7) is 2.28. The molecule has 3 rings (SSSR count). The van der Waals surface area contributed by atoms with Crippen LogP contribution in [0.15, 0.2) is 23.6 Å². The number of hydrogen-bond acceptors (Lipinski definition) is 5. The highest BCUT2D eigenvalue weighted by Gasteiger charge is 2.20. The van der Waals surface area contributed by atoms with Crippen molar-refractivity contribution in [2.75, 3.05) is 14.2 Å². The van der Waals surface area contributed by atoms with Gasteiger partial charge in [0.05, 0.1) is 31.9 Å². The zero-order chi connectivity index (χ0) is 18.5. The monoisotopic (exact) mass is 374 g/mol. The summed E-state index contributed by atoms with van der Waals surface area (Å²) in [5, 5.41) is 5.93. The van der Waals surface area contributed by atoms with E-state index in [2.05, 4.69) is 17.2 Å². The minimum Gasteiger partial charge on any atom is -0.493 e. The molecule has 0 atom stereocenters. The molecule has 0 radical (unpaired) electrons. The molecular weight excluding hydrogens is 348 g/mol. The van der Waals surface area contributed by atoms with Gasteiger partial charge in [-0.3, -0.25) is 4.79 Å². The number of ether oxygens (including phenoxy) is 2. The molecule has 140 valence electrons. The number of nitrogens with one attached hydrogen (secondary N) is 1. The molecule has 1 amide bonds. The van der Waals surface area contributed by atoms with E-state index in [0.29, 0.717) is 24.0 Å². The van der Waals surface area contributed by atoms with E-state index in [1.807, 2.05) is 23.6 Å². The number of carbonyl (C=O) groups excluding carboxylic acids is 1. The number of aromatic nitrogens is 1. The van der Waals surface area contributed by atoms with E-state index in [0.717, 1.165) is 35.0 Å². The Labute approximate surface area is 158 Å². The highest BCUT2D eigenvalue weighted by Crippen LogP contribution is 2.39. The van der Waals surface area contributed by atoms with E-state index in [9.17, 15) is 4.79 Å². The number of amides is 1. The van der Waals surface area contributed by atoms with E-state index in [4.69, 9.17) is 9.47 Å². The van der Waals surface area contributed by atoms with Gasteiger partial charge in [-0.15, -0.1) is 11.3 Å².